The first kappa shape index (κ1) is 23.1. The topological polar surface area (TPSA) is 78.9 Å². The summed E-state index contributed by atoms with van der Waals surface area (Å²) in [6.07, 6.45) is 2.57. The van der Waals surface area contributed by atoms with Crippen molar-refractivity contribution in [1.29, 1.82) is 0 Å². The van der Waals surface area contributed by atoms with Crippen LogP contribution in [0.2, 0.25) is 0 Å². The highest BCUT2D eigenvalue weighted by molar-refractivity contribution is 6.01. The molecule has 0 aliphatic heterocycles. The minimum atomic E-state index is -1.01. The van der Waals surface area contributed by atoms with Crippen molar-refractivity contribution in [2.75, 3.05) is 14.2 Å². The highest BCUT2D eigenvalue weighted by atomic mass is 16.5. The van der Waals surface area contributed by atoms with Crippen LogP contribution in [0.5, 0.6) is 5.75 Å². The Labute approximate surface area is 177 Å². The monoisotopic (exact) mass is 412 g/mol. The molecule has 1 atom stereocenters. The third-order valence-electron chi connectivity index (χ3n) is 4.70. The molecule has 2 aromatic rings. The fourth-order valence-electron chi connectivity index (χ4n) is 2.99. The van der Waals surface area contributed by atoms with Gasteiger partial charge in [0.2, 0.25) is 5.78 Å². The van der Waals surface area contributed by atoms with E-state index in [0.29, 0.717) is 29.7 Å². The summed E-state index contributed by atoms with van der Waals surface area (Å²) in [4.78, 5) is 36.5. The number of hydrogen-bond donors (Lipinski definition) is 0. The van der Waals surface area contributed by atoms with Crippen LogP contribution in [-0.2, 0) is 19.1 Å². The average molecular weight is 412 g/mol. The van der Waals surface area contributed by atoms with Crippen LogP contribution in [0.1, 0.15) is 60.6 Å². The quantitative estimate of drug-likeness (QED) is 0.286. The second-order valence-electron chi connectivity index (χ2n) is 6.86. The summed E-state index contributed by atoms with van der Waals surface area (Å²) in [5.74, 6) is -0.264. The van der Waals surface area contributed by atoms with Gasteiger partial charge in [0.1, 0.15) is 5.75 Å². The molecule has 0 spiro atoms. The molecule has 0 aliphatic carbocycles. The van der Waals surface area contributed by atoms with Gasteiger partial charge in [0.25, 0.3) is 0 Å². The van der Waals surface area contributed by atoms with E-state index in [4.69, 9.17) is 9.47 Å². The van der Waals surface area contributed by atoms with Crippen LogP contribution in [0, 0.1) is 0 Å². The van der Waals surface area contributed by atoms with Crippen molar-refractivity contribution < 1.29 is 28.6 Å². The third-order valence-corrected chi connectivity index (χ3v) is 4.70. The van der Waals surface area contributed by atoms with Gasteiger partial charge in [-0.2, -0.15) is 0 Å². The lowest BCUT2D eigenvalue weighted by atomic mass is 9.99. The molecule has 6 heteroatoms. The van der Waals surface area contributed by atoms with Crippen LogP contribution < -0.4 is 4.74 Å². The lowest BCUT2D eigenvalue weighted by Crippen LogP contribution is -2.20. The van der Waals surface area contributed by atoms with Gasteiger partial charge in [-0.05, 0) is 25.0 Å². The summed E-state index contributed by atoms with van der Waals surface area (Å²) in [6, 6.07) is 15.7. The molecular weight excluding hydrogens is 384 g/mol. The van der Waals surface area contributed by atoms with E-state index in [-0.39, 0.29) is 18.2 Å². The van der Waals surface area contributed by atoms with Gasteiger partial charge in [0.05, 0.1) is 14.2 Å². The molecule has 2 rings (SSSR count). The molecule has 0 amide bonds. The minimum Gasteiger partial charge on any atom is -0.497 e. The summed E-state index contributed by atoms with van der Waals surface area (Å²) in [7, 11) is 2.93. The Bertz CT molecular complexity index is 813. The summed E-state index contributed by atoms with van der Waals surface area (Å²) < 4.78 is 15.3. The van der Waals surface area contributed by atoms with E-state index in [1.54, 1.807) is 55.6 Å². The summed E-state index contributed by atoms with van der Waals surface area (Å²) in [6.45, 7) is 0. The van der Waals surface area contributed by atoms with E-state index in [1.165, 1.54) is 7.11 Å². The van der Waals surface area contributed by atoms with Gasteiger partial charge in [-0.25, -0.2) is 0 Å². The first-order valence-corrected chi connectivity index (χ1v) is 10.0. The Morgan fingerprint density at radius 3 is 1.93 bits per heavy atom. The van der Waals surface area contributed by atoms with Crippen LogP contribution >= 0.6 is 0 Å². The molecule has 0 saturated heterocycles. The van der Waals surface area contributed by atoms with Crippen molar-refractivity contribution in [3.05, 3.63) is 65.7 Å². The average Bonchev–Trinajstić information content (AvgIpc) is 2.79. The predicted molar refractivity (Wildman–Crippen MR) is 112 cm³/mol. The molecule has 0 heterocycles. The van der Waals surface area contributed by atoms with Gasteiger partial charge in [-0.15, -0.1) is 0 Å². The molecule has 160 valence electrons. The number of rotatable bonds is 12. The number of hydrogen-bond acceptors (Lipinski definition) is 6. The number of carbonyl (C=O) groups excluding carboxylic acids is 3. The second kappa shape index (κ2) is 12.4. The SMILES string of the molecule is COC(=O)CCCCCCC(=O)OC(C(=O)c1ccccc1)c1ccc(OC)cc1. The molecule has 1 unspecified atom stereocenters. The van der Waals surface area contributed by atoms with Gasteiger partial charge >= 0.3 is 11.9 Å². The van der Waals surface area contributed by atoms with E-state index in [0.717, 1.165) is 19.3 Å². The maximum atomic E-state index is 13.0. The number of ether oxygens (including phenoxy) is 3. The molecule has 0 radical (unpaired) electrons. The molecule has 0 saturated carbocycles. The van der Waals surface area contributed by atoms with Crippen LogP contribution in [0.15, 0.2) is 54.6 Å². The zero-order valence-corrected chi connectivity index (χ0v) is 17.5. The van der Waals surface area contributed by atoms with Crippen molar-refractivity contribution in [2.24, 2.45) is 0 Å². The molecule has 2 aromatic carbocycles. The third kappa shape index (κ3) is 7.35. The Hall–Kier alpha value is -3.15. The molecule has 0 fully saturated rings. The number of carbonyl (C=O) groups is 3. The zero-order valence-electron chi connectivity index (χ0n) is 17.5. The fourth-order valence-corrected chi connectivity index (χ4v) is 2.99. The van der Waals surface area contributed by atoms with Gasteiger partial charge in [-0.1, -0.05) is 55.3 Å². The van der Waals surface area contributed by atoms with Gasteiger partial charge in [0.15, 0.2) is 6.10 Å². The number of ketones is 1. The van der Waals surface area contributed by atoms with E-state index in [1.807, 2.05) is 6.07 Å². The van der Waals surface area contributed by atoms with Crippen molar-refractivity contribution in [1.82, 2.24) is 0 Å². The van der Waals surface area contributed by atoms with Crippen LogP contribution in [0.4, 0.5) is 0 Å². The summed E-state index contributed by atoms with van der Waals surface area (Å²) in [5, 5.41) is 0. The van der Waals surface area contributed by atoms with Crippen molar-refractivity contribution in [2.45, 2.75) is 44.6 Å². The Morgan fingerprint density at radius 2 is 1.37 bits per heavy atom. The molecule has 6 nitrogen and oxygen atoms in total. The second-order valence-corrected chi connectivity index (χ2v) is 6.86. The van der Waals surface area contributed by atoms with Crippen molar-refractivity contribution in [3.8, 4) is 5.75 Å². The maximum absolute atomic E-state index is 13.0. The number of methoxy groups -OCH3 is 2. The van der Waals surface area contributed by atoms with E-state index < -0.39 is 12.1 Å². The number of unbranched alkanes of at least 4 members (excludes halogenated alkanes) is 3. The largest absolute Gasteiger partial charge is 0.497 e. The van der Waals surface area contributed by atoms with Crippen LogP contribution in [0.25, 0.3) is 0 Å². The van der Waals surface area contributed by atoms with Gasteiger partial charge in [0, 0.05) is 24.0 Å². The molecule has 0 aliphatic rings. The van der Waals surface area contributed by atoms with Crippen LogP contribution in [-0.4, -0.2) is 31.9 Å². The Balaban J connectivity index is 1.96. The summed E-state index contributed by atoms with van der Waals surface area (Å²) in [5.41, 5.74) is 1.07. The molecular formula is C24H28O6. The first-order chi connectivity index (χ1) is 14.5. The number of Topliss-reactive ketones (excluding diaryl/α,β-unsaturated/α-hetero) is 1. The minimum absolute atomic E-state index is 0.215. The number of benzene rings is 2. The standard InChI is InChI=1S/C24H28O6/c1-28-20-16-14-19(15-17-20)24(23(27)18-10-6-5-7-11-18)30-22(26)13-9-4-3-8-12-21(25)29-2/h5-7,10-11,14-17,24H,3-4,8-9,12-13H2,1-2H3. The number of esters is 2. The first-order valence-electron chi connectivity index (χ1n) is 10.0. The molecule has 0 N–H and O–H groups in total. The normalized spacial score (nSPS) is 11.4. The van der Waals surface area contributed by atoms with Gasteiger partial charge < -0.3 is 14.2 Å². The Morgan fingerprint density at radius 1 is 0.767 bits per heavy atom. The van der Waals surface area contributed by atoms with Crippen molar-refractivity contribution in [3.63, 3.8) is 0 Å². The zero-order chi connectivity index (χ0) is 21.8. The fraction of sp³-hybridized carbons (Fsp3) is 0.375. The van der Waals surface area contributed by atoms with E-state index in [9.17, 15) is 14.4 Å². The smallest absolute Gasteiger partial charge is 0.306 e. The highest BCUT2D eigenvalue weighted by Gasteiger charge is 2.26. The lowest BCUT2D eigenvalue weighted by Gasteiger charge is -2.18. The molecule has 0 bridgehead atoms. The predicted octanol–water partition coefficient (Wildman–Crippen LogP) is 4.68. The molecule has 30 heavy (non-hydrogen) atoms. The van der Waals surface area contributed by atoms with Gasteiger partial charge in [-0.3, -0.25) is 14.4 Å². The Kier molecular flexibility index (Phi) is 9.58. The van der Waals surface area contributed by atoms with E-state index >= 15 is 0 Å². The van der Waals surface area contributed by atoms with E-state index in [2.05, 4.69) is 4.74 Å². The maximum Gasteiger partial charge on any atom is 0.306 e. The summed E-state index contributed by atoms with van der Waals surface area (Å²) >= 11 is 0. The highest BCUT2D eigenvalue weighted by Crippen LogP contribution is 2.25. The lowest BCUT2D eigenvalue weighted by molar-refractivity contribution is -0.147. The van der Waals surface area contributed by atoms with Crippen LogP contribution in [0.3, 0.4) is 0 Å². The molecule has 0 aromatic heterocycles. The van der Waals surface area contributed by atoms with Crippen molar-refractivity contribution >= 4 is 17.7 Å².